The molecule has 0 spiro atoms. The van der Waals surface area contributed by atoms with Crippen LogP contribution in [0.3, 0.4) is 0 Å². The summed E-state index contributed by atoms with van der Waals surface area (Å²) in [6, 6.07) is 44.9. The highest BCUT2D eigenvalue weighted by molar-refractivity contribution is 7.80. The van der Waals surface area contributed by atoms with Gasteiger partial charge >= 0.3 is 12.6 Å². The lowest BCUT2D eigenvalue weighted by Gasteiger charge is -2.27. The lowest BCUT2D eigenvalue weighted by atomic mass is 10.0. The van der Waals surface area contributed by atoms with Crippen LogP contribution in [0.5, 0.6) is 23.0 Å². The Balaban J connectivity index is 0.00000131. The summed E-state index contributed by atoms with van der Waals surface area (Å²) in [6.45, 7) is 0. The molecule has 0 radical (unpaired) electrons. The molecule has 0 saturated carbocycles. The van der Waals surface area contributed by atoms with E-state index in [1.54, 1.807) is 12.1 Å². The minimum absolute atomic E-state index is 0.177. The zero-order valence-corrected chi connectivity index (χ0v) is 29.7. The molecule has 0 fully saturated rings. The maximum absolute atomic E-state index is 15.0. The molecule has 0 unspecified atom stereocenters. The maximum atomic E-state index is 15.0. The van der Waals surface area contributed by atoms with Crippen molar-refractivity contribution in [1.29, 1.82) is 0 Å². The highest BCUT2D eigenvalue weighted by atomic mass is 35.5. The van der Waals surface area contributed by atoms with E-state index in [9.17, 15) is 17.6 Å². The van der Waals surface area contributed by atoms with Gasteiger partial charge in [0.1, 0.15) is 0 Å². The largest absolute Gasteiger partial charge is 0.586 e. The fourth-order valence-electron chi connectivity index (χ4n) is 6.02. The maximum Gasteiger partial charge on any atom is 0.586 e. The quantitative estimate of drug-likeness (QED) is 0.0925. The van der Waals surface area contributed by atoms with E-state index in [0.717, 1.165) is 21.2 Å². The molecule has 0 aliphatic carbocycles. The minimum Gasteiger partial charge on any atom is -0.395 e. The average Bonchev–Trinajstić information content (AvgIpc) is 3.64. The first-order valence-corrected chi connectivity index (χ1v) is 19.2. The number of rotatable bonds is 7. The smallest absolute Gasteiger partial charge is 0.395 e. The summed E-state index contributed by atoms with van der Waals surface area (Å²) in [7, 11) is -2.91. The van der Waals surface area contributed by atoms with Crippen LogP contribution in [0.25, 0.3) is 11.1 Å². The highest BCUT2D eigenvalue weighted by Crippen LogP contribution is 2.56. The molecular formula is C39H26Cl2F4O4P2. The molecular weight excluding hydrogens is 741 g/mol. The molecule has 12 heteroatoms. The van der Waals surface area contributed by atoms with Crippen LogP contribution in [0, 0.1) is 0 Å². The Hall–Kier alpha value is -4.32. The van der Waals surface area contributed by atoms with Gasteiger partial charge < -0.3 is 18.9 Å². The van der Waals surface area contributed by atoms with E-state index in [-0.39, 0.29) is 39.5 Å². The number of alkyl halides is 6. The monoisotopic (exact) mass is 766 g/mol. The molecule has 0 amide bonds. The van der Waals surface area contributed by atoms with Crippen LogP contribution in [0.2, 0.25) is 0 Å². The molecule has 0 saturated heterocycles. The van der Waals surface area contributed by atoms with Gasteiger partial charge in [-0.25, -0.2) is 0 Å². The number of hydrogen-bond donors (Lipinski definition) is 0. The summed E-state index contributed by atoms with van der Waals surface area (Å²) >= 11 is 9.53. The van der Waals surface area contributed by atoms with Crippen molar-refractivity contribution in [3.63, 3.8) is 0 Å². The number of hydrogen-bond acceptors (Lipinski definition) is 4. The SMILES string of the molecule is ClCCl.FC1(F)Oc2ccc(P(c3ccccc3)c3ccccc3)c(-c3c(P(c4ccccc4)c4ccccc4)ccc4c3OC(F)(F)O4)c2O1. The van der Waals surface area contributed by atoms with E-state index in [4.69, 9.17) is 42.1 Å². The molecule has 0 bridgehead atoms. The van der Waals surface area contributed by atoms with Crippen LogP contribution in [-0.2, 0) is 0 Å². The van der Waals surface area contributed by atoms with Crippen molar-refractivity contribution in [2.24, 2.45) is 0 Å². The topological polar surface area (TPSA) is 36.9 Å². The third kappa shape index (κ3) is 7.24. The predicted octanol–water partition coefficient (Wildman–Crippen LogP) is 8.93. The summed E-state index contributed by atoms with van der Waals surface area (Å²) in [6.07, 6.45) is -7.97. The fraction of sp³-hybridized carbons (Fsp3) is 0.0769. The van der Waals surface area contributed by atoms with E-state index in [1.165, 1.54) is 12.1 Å². The van der Waals surface area contributed by atoms with Crippen molar-refractivity contribution in [1.82, 2.24) is 0 Å². The number of benzene rings is 6. The van der Waals surface area contributed by atoms with E-state index in [2.05, 4.69) is 0 Å². The van der Waals surface area contributed by atoms with E-state index < -0.39 is 28.4 Å². The van der Waals surface area contributed by atoms with Crippen molar-refractivity contribution in [2.75, 3.05) is 5.34 Å². The molecule has 2 aliphatic rings. The molecule has 6 aromatic carbocycles. The van der Waals surface area contributed by atoms with Gasteiger partial charge in [0.15, 0.2) is 23.0 Å². The van der Waals surface area contributed by atoms with Crippen molar-refractivity contribution in [2.45, 2.75) is 12.6 Å². The highest BCUT2D eigenvalue weighted by Gasteiger charge is 2.49. The second kappa shape index (κ2) is 14.7. The van der Waals surface area contributed by atoms with Gasteiger partial charge in [0, 0.05) is 11.1 Å². The Bertz CT molecular complexity index is 1900. The second-order valence-corrected chi connectivity index (χ2v) is 16.2. The Morgan fingerprint density at radius 1 is 0.412 bits per heavy atom. The van der Waals surface area contributed by atoms with Crippen molar-refractivity contribution >= 4 is 70.9 Å². The van der Waals surface area contributed by atoms with Crippen molar-refractivity contribution < 1.29 is 36.5 Å². The molecule has 0 aromatic heterocycles. The second-order valence-electron chi connectivity index (χ2n) is 11.0. The van der Waals surface area contributed by atoms with Gasteiger partial charge in [-0.15, -0.1) is 40.8 Å². The van der Waals surface area contributed by atoms with Gasteiger partial charge in [-0.1, -0.05) is 121 Å². The lowest BCUT2D eigenvalue weighted by molar-refractivity contribution is -0.287. The summed E-state index contributed by atoms with van der Waals surface area (Å²) in [5, 5.41) is 5.02. The lowest BCUT2D eigenvalue weighted by Crippen LogP contribution is -2.28. The fourth-order valence-corrected chi connectivity index (χ4v) is 10.9. The number of ether oxygens (including phenoxy) is 4. The van der Waals surface area contributed by atoms with E-state index in [0.29, 0.717) is 10.6 Å². The number of halogens is 6. The van der Waals surface area contributed by atoms with Crippen LogP contribution in [0.4, 0.5) is 17.6 Å². The zero-order valence-electron chi connectivity index (χ0n) is 26.4. The molecule has 258 valence electrons. The van der Waals surface area contributed by atoms with Gasteiger partial charge in [0.2, 0.25) is 0 Å². The molecule has 4 nitrogen and oxygen atoms in total. The number of fused-ring (bicyclic) bond motifs is 2. The summed E-state index contributed by atoms with van der Waals surface area (Å²) in [5.74, 6) is -0.955. The third-order valence-electron chi connectivity index (χ3n) is 7.89. The Labute approximate surface area is 304 Å². The van der Waals surface area contributed by atoms with Gasteiger partial charge in [-0.05, 0) is 71.9 Å². The van der Waals surface area contributed by atoms with Gasteiger partial charge in [-0.2, -0.15) is 0 Å². The Morgan fingerprint density at radius 3 is 0.961 bits per heavy atom. The minimum atomic E-state index is -3.99. The van der Waals surface area contributed by atoms with Crippen LogP contribution < -0.4 is 50.8 Å². The molecule has 2 heterocycles. The Kier molecular flexibility index (Phi) is 10.1. The molecule has 2 aliphatic heterocycles. The van der Waals surface area contributed by atoms with Gasteiger partial charge in [-0.3, -0.25) is 0 Å². The van der Waals surface area contributed by atoms with Crippen LogP contribution >= 0.6 is 39.0 Å². The first-order valence-electron chi connectivity index (χ1n) is 15.5. The Morgan fingerprint density at radius 2 is 0.686 bits per heavy atom. The van der Waals surface area contributed by atoms with E-state index in [1.807, 2.05) is 121 Å². The molecule has 6 aromatic rings. The first-order chi connectivity index (χ1) is 24.7. The summed E-state index contributed by atoms with van der Waals surface area (Å²) < 4.78 is 80.4. The zero-order chi connectivity index (χ0) is 35.6. The predicted molar refractivity (Wildman–Crippen MR) is 198 cm³/mol. The van der Waals surface area contributed by atoms with Crippen molar-refractivity contribution in [3.8, 4) is 34.1 Å². The van der Waals surface area contributed by atoms with Gasteiger partial charge in [0.25, 0.3) is 0 Å². The van der Waals surface area contributed by atoms with Crippen molar-refractivity contribution in [3.05, 3.63) is 146 Å². The average molecular weight is 767 g/mol. The summed E-state index contributed by atoms with van der Waals surface area (Å²) in [4.78, 5) is 0. The molecule has 8 rings (SSSR count). The van der Waals surface area contributed by atoms with Crippen LogP contribution in [-0.4, -0.2) is 17.9 Å². The van der Waals surface area contributed by atoms with Crippen LogP contribution in [0.15, 0.2) is 146 Å². The molecule has 0 N–H and O–H groups in total. The standard InChI is InChI=1S/C38H24F4O4P2.CH2Cl2/c39-37(40)43-29-21-23-31(47(25-13-5-1-6-14-25)26-15-7-2-8-16-26)33(35(29)45-37)34-32(24-22-30-36(34)46-38(41,42)44-30)48(27-17-9-3-10-18-27)28-19-11-4-12-20-28;2-1-3/h1-24H;1H2. The van der Waals surface area contributed by atoms with E-state index >= 15 is 0 Å². The molecule has 0 atom stereocenters. The van der Waals surface area contributed by atoms with Gasteiger partial charge in [0.05, 0.1) is 5.34 Å². The first kappa shape index (κ1) is 35.1. The molecule has 51 heavy (non-hydrogen) atoms. The summed E-state index contributed by atoms with van der Waals surface area (Å²) in [5.41, 5.74) is 0.354. The third-order valence-corrected chi connectivity index (χ3v) is 12.9. The van der Waals surface area contributed by atoms with Crippen LogP contribution in [0.1, 0.15) is 0 Å². The normalized spacial score (nSPS) is 14.7.